The third-order valence-electron chi connectivity index (χ3n) is 10.6. The van der Waals surface area contributed by atoms with Crippen LogP contribution in [0.2, 0.25) is 10.0 Å². The second-order valence-corrected chi connectivity index (χ2v) is 15.6. The second kappa shape index (κ2) is 18.4. The van der Waals surface area contributed by atoms with Crippen molar-refractivity contribution in [2.24, 2.45) is 11.8 Å². The Hall–Kier alpha value is -4.56. The van der Waals surface area contributed by atoms with Crippen LogP contribution in [0.3, 0.4) is 0 Å². The van der Waals surface area contributed by atoms with Crippen LogP contribution in [-0.4, -0.2) is 61.0 Å². The molecule has 3 aromatic carbocycles. The molecule has 4 heterocycles. The van der Waals surface area contributed by atoms with E-state index in [2.05, 4.69) is 10.2 Å². The number of piperidine rings is 3. The maximum absolute atomic E-state index is 15.1. The van der Waals surface area contributed by atoms with E-state index in [9.17, 15) is 23.6 Å². The third kappa shape index (κ3) is 10.7. The lowest BCUT2D eigenvalue weighted by Gasteiger charge is -2.44. The highest BCUT2D eigenvalue weighted by molar-refractivity contribution is 6.35. The first-order chi connectivity index (χ1) is 27.5. The van der Waals surface area contributed by atoms with Crippen molar-refractivity contribution in [3.63, 3.8) is 0 Å². The molecule has 3 aliphatic heterocycles. The number of carbonyl (C=O) groups is 2. The Balaban J connectivity index is 1.07. The maximum atomic E-state index is 15.1. The first kappa shape index (κ1) is 40.6. The third-order valence-corrected chi connectivity index (χ3v) is 11.3. The van der Waals surface area contributed by atoms with Crippen LogP contribution in [0, 0.1) is 17.7 Å². The second-order valence-electron chi connectivity index (χ2n) is 14.8. The molecule has 3 saturated heterocycles. The number of ether oxygens (including phenoxy) is 4. The van der Waals surface area contributed by atoms with Crippen LogP contribution in [0.1, 0.15) is 65.6 Å². The topological polar surface area (TPSA) is 110 Å². The minimum Gasteiger partial charge on any atom is -0.489 e. The van der Waals surface area contributed by atoms with Gasteiger partial charge in [0.25, 0.3) is 0 Å². The zero-order valence-corrected chi connectivity index (χ0v) is 32.4. The number of benzene rings is 3. The van der Waals surface area contributed by atoms with E-state index in [1.54, 1.807) is 36.4 Å². The Bertz CT molecular complexity index is 2040. The molecule has 1 aromatic heterocycles. The Morgan fingerprint density at radius 3 is 2.35 bits per heavy atom. The Labute approximate surface area is 338 Å². The number of fused-ring (bicyclic) bond motifs is 3. The van der Waals surface area contributed by atoms with E-state index in [0.717, 1.165) is 44.3 Å². The van der Waals surface area contributed by atoms with Gasteiger partial charge in [0.05, 0.1) is 13.0 Å². The molecule has 0 amide bonds. The van der Waals surface area contributed by atoms with Gasteiger partial charge in [-0.05, 0) is 85.5 Å². The van der Waals surface area contributed by atoms with Crippen LogP contribution >= 0.6 is 23.2 Å². The van der Waals surface area contributed by atoms with Crippen molar-refractivity contribution in [2.45, 2.75) is 69.9 Å². The summed E-state index contributed by atoms with van der Waals surface area (Å²) in [7, 11) is 0. The summed E-state index contributed by atoms with van der Waals surface area (Å²) in [6.07, 6.45) is 4.87. The number of nitrogens with zero attached hydrogens (tertiary/aromatic N) is 2. The molecule has 2 N–H and O–H groups in total. The molecule has 4 fully saturated rings. The molecule has 57 heavy (non-hydrogen) atoms. The van der Waals surface area contributed by atoms with E-state index in [0.29, 0.717) is 40.5 Å². The summed E-state index contributed by atoms with van der Waals surface area (Å²) < 4.78 is 65.0. The van der Waals surface area contributed by atoms with Gasteiger partial charge in [0, 0.05) is 35.4 Å². The van der Waals surface area contributed by atoms with Crippen LogP contribution in [0.15, 0.2) is 79.1 Å². The fourth-order valence-electron chi connectivity index (χ4n) is 7.40. The van der Waals surface area contributed by atoms with Gasteiger partial charge in [0.1, 0.15) is 34.1 Å². The summed E-state index contributed by atoms with van der Waals surface area (Å²) >= 11 is 12.9. The summed E-state index contributed by atoms with van der Waals surface area (Å²) in [6, 6.07) is 16.5. The van der Waals surface area contributed by atoms with Crippen molar-refractivity contribution in [3.05, 3.63) is 123 Å². The van der Waals surface area contributed by atoms with Gasteiger partial charge < -0.3 is 18.9 Å². The van der Waals surface area contributed by atoms with Crippen LogP contribution in [0.5, 0.6) is 11.5 Å². The number of esters is 2. The van der Waals surface area contributed by atoms with Gasteiger partial charge in [0.15, 0.2) is 11.5 Å². The van der Waals surface area contributed by atoms with Gasteiger partial charge in [0.2, 0.25) is 12.4 Å². The average Bonchev–Trinajstić information content (AvgIpc) is 4.01. The number of rotatable bonds is 17. The van der Waals surface area contributed by atoms with Crippen molar-refractivity contribution in [3.8, 4) is 11.5 Å². The smallest absolute Gasteiger partial charge is 0.387 e. The summed E-state index contributed by atoms with van der Waals surface area (Å²) in [4.78, 5) is 29.6. The predicted octanol–water partition coefficient (Wildman–Crippen LogP) is 7.59. The lowest BCUT2D eigenvalue weighted by molar-refractivity contribution is -0.904. The molecule has 302 valence electrons. The van der Waals surface area contributed by atoms with E-state index in [1.165, 1.54) is 36.7 Å². The predicted molar refractivity (Wildman–Crippen MR) is 203 cm³/mol. The zero-order valence-electron chi connectivity index (χ0n) is 30.9. The fraction of sp³-hybridized carbons (Fsp3) is 0.405. The van der Waals surface area contributed by atoms with E-state index in [1.807, 2.05) is 6.07 Å². The van der Waals surface area contributed by atoms with Crippen LogP contribution in [-0.2, 0) is 38.4 Å². The Morgan fingerprint density at radius 1 is 0.930 bits per heavy atom. The normalized spacial score (nSPS) is 19.9. The zero-order chi connectivity index (χ0) is 40.1. The quantitative estimate of drug-likeness (QED) is 0.0633. The Morgan fingerprint density at radius 2 is 1.67 bits per heavy atom. The lowest BCUT2D eigenvalue weighted by atomic mass is 9.86. The highest BCUT2D eigenvalue weighted by Gasteiger charge is 2.38. The van der Waals surface area contributed by atoms with Crippen molar-refractivity contribution < 1.29 is 51.6 Å². The monoisotopic (exact) mass is 828 g/mol. The Kier molecular flexibility index (Phi) is 13.1. The van der Waals surface area contributed by atoms with Gasteiger partial charge in [-0.25, -0.2) is 9.18 Å². The van der Waals surface area contributed by atoms with E-state index < -0.39 is 36.5 Å². The largest absolute Gasteiger partial charge is 0.489 e. The molecular weight excluding hydrogens is 786 g/mol. The first-order valence-corrected chi connectivity index (χ1v) is 19.7. The molecule has 1 aliphatic carbocycles. The van der Waals surface area contributed by atoms with Crippen molar-refractivity contribution in [1.29, 1.82) is 0 Å². The molecule has 8 rings (SSSR count). The highest BCUT2D eigenvalue weighted by Crippen LogP contribution is 2.38. The van der Waals surface area contributed by atoms with Crippen LogP contribution in [0.25, 0.3) is 0 Å². The summed E-state index contributed by atoms with van der Waals surface area (Å²) in [5.74, 6) is -1.19. The lowest BCUT2D eigenvalue weighted by Crippen LogP contribution is -2.52. The number of nitrogens with one attached hydrogen (secondary N) is 1. The fourth-order valence-corrected chi connectivity index (χ4v) is 8.00. The molecule has 10 nitrogen and oxygen atoms in total. The summed E-state index contributed by atoms with van der Waals surface area (Å²) in [6.45, 7) is 0.0308. The molecule has 1 saturated carbocycles. The number of hydrogen-bond donors (Lipinski definition) is 2. The molecule has 1 unspecified atom stereocenters. The van der Waals surface area contributed by atoms with Crippen LogP contribution < -0.4 is 19.5 Å². The first-order valence-electron chi connectivity index (χ1n) is 19.0. The highest BCUT2D eigenvalue weighted by atomic mass is 35.5. The molecule has 4 aliphatic rings. The minimum atomic E-state index is -3.08. The molecule has 4 aromatic rings. The van der Waals surface area contributed by atoms with E-state index in [4.69, 9.17) is 42.1 Å². The SMILES string of the molecule is O=C(Cc1cccc(CNC(C(=O)O[C@H]2CN3CCC2CC3)c2ccccc2F)c1)O[C@@H](Cc1c(Cl)c[n+](O)cc1Cl)c1ccc(OC(F)F)c(OCC2CC2)c1. The number of hydrogen-bond acceptors (Lipinski definition) is 9. The molecule has 2 bridgehead atoms. The molecular formula is C42H43Cl2F3N3O7+. The number of halogens is 5. The number of alkyl halides is 2. The van der Waals surface area contributed by atoms with Gasteiger partial charge in [-0.1, -0.05) is 71.7 Å². The number of pyridine rings is 1. The molecule has 15 heteroatoms. The van der Waals surface area contributed by atoms with Crippen molar-refractivity contribution >= 4 is 35.1 Å². The van der Waals surface area contributed by atoms with Gasteiger partial charge in [-0.2, -0.15) is 8.78 Å². The van der Waals surface area contributed by atoms with Gasteiger partial charge in [-0.15, -0.1) is 0 Å². The molecule has 0 radical (unpaired) electrons. The molecule has 0 spiro atoms. The standard InChI is InChI=1S/C42H43Cl2F3N3O7/c43-32-21-50(53)22-33(44)31(32)19-36(29-10-11-35(57-42(46)47)37(18-29)54-24-25-8-9-25)55-39(51)17-26-4-3-5-27(16-26)20-48-40(30-6-1-2-7-34(30)45)41(52)56-38-23-49-14-12-28(38)13-15-49/h1-7,10-11,16,18,21-22,25,28,36,38,40,42,48,53H,8-9,12-15,17,19-20,23-24H2/q+1/t36-,38-,40?/m0/s1. The number of carbonyl (C=O) groups excluding carboxylic acids is 2. The van der Waals surface area contributed by atoms with Crippen molar-refractivity contribution in [1.82, 2.24) is 10.2 Å². The average molecular weight is 830 g/mol. The van der Waals surface area contributed by atoms with Gasteiger partial charge >= 0.3 is 18.6 Å². The maximum Gasteiger partial charge on any atom is 0.387 e. The van der Waals surface area contributed by atoms with E-state index in [-0.39, 0.29) is 58.5 Å². The summed E-state index contributed by atoms with van der Waals surface area (Å²) in [5, 5.41) is 13.3. The minimum absolute atomic E-state index is 0.0293. The number of aromatic nitrogens is 1. The van der Waals surface area contributed by atoms with Crippen LogP contribution in [0.4, 0.5) is 13.2 Å². The molecule has 3 atom stereocenters. The van der Waals surface area contributed by atoms with E-state index >= 15 is 4.39 Å². The summed E-state index contributed by atoms with van der Waals surface area (Å²) in [5.41, 5.74) is 2.28. The van der Waals surface area contributed by atoms with Gasteiger partial charge in [-0.3, -0.25) is 20.2 Å². The van der Waals surface area contributed by atoms with Crippen molar-refractivity contribution in [2.75, 3.05) is 26.2 Å².